The molecule has 2 rings (SSSR count). The number of nitrogens with zero attached hydrogens (tertiary/aromatic N) is 2. The van der Waals surface area contributed by atoms with E-state index in [2.05, 4.69) is 5.10 Å². The van der Waals surface area contributed by atoms with E-state index in [0.29, 0.717) is 6.42 Å². The number of alkyl halides is 3. The van der Waals surface area contributed by atoms with E-state index in [4.69, 9.17) is 5.11 Å². The van der Waals surface area contributed by atoms with Gasteiger partial charge < -0.3 is 5.11 Å². The van der Waals surface area contributed by atoms with Gasteiger partial charge >= 0.3 is 12.1 Å². The minimum atomic E-state index is -4.62. The Bertz CT molecular complexity index is 461. The fourth-order valence-corrected chi connectivity index (χ4v) is 2.18. The third kappa shape index (κ3) is 1.69. The fourth-order valence-electron chi connectivity index (χ4n) is 2.18. The predicted octanol–water partition coefficient (Wildman–Crippen LogP) is 1.95. The van der Waals surface area contributed by atoms with Crippen LogP contribution in [0.4, 0.5) is 13.2 Å². The summed E-state index contributed by atoms with van der Waals surface area (Å²) in [7, 11) is 1.35. The normalized spacial score (nSPS) is 18.8. The first-order valence-corrected chi connectivity index (χ1v) is 5.12. The Morgan fingerprint density at radius 3 is 2.47 bits per heavy atom. The summed E-state index contributed by atoms with van der Waals surface area (Å²) < 4.78 is 39.3. The molecule has 1 aliphatic rings. The zero-order chi connectivity index (χ0) is 12.8. The molecule has 0 radical (unpaired) electrons. The highest BCUT2D eigenvalue weighted by Crippen LogP contribution is 2.47. The van der Waals surface area contributed by atoms with Crippen LogP contribution in [0.3, 0.4) is 0 Å². The van der Waals surface area contributed by atoms with Gasteiger partial charge in [0.2, 0.25) is 0 Å². The second-order valence-corrected chi connectivity index (χ2v) is 4.30. The van der Waals surface area contributed by atoms with Crippen molar-refractivity contribution in [3.8, 4) is 0 Å². The lowest BCUT2D eigenvalue weighted by molar-refractivity contribution is -0.150. The standard InChI is InChI=1S/C10H11F3N2O2/c1-15-5-6(7(14-15)10(11,12)13)9(8(16)17)3-2-4-9/h5H,2-4H2,1H3,(H,16,17). The van der Waals surface area contributed by atoms with Crippen molar-refractivity contribution in [2.45, 2.75) is 30.9 Å². The molecule has 0 unspecified atom stereocenters. The molecule has 1 saturated carbocycles. The van der Waals surface area contributed by atoms with Gasteiger partial charge in [-0.2, -0.15) is 18.3 Å². The van der Waals surface area contributed by atoms with E-state index in [1.54, 1.807) is 0 Å². The molecule has 0 amide bonds. The summed E-state index contributed by atoms with van der Waals surface area (Å²) in [5.41, 5.74) is -2.70. The fraction of sp³-hybridized carbons (Fsp3) is 0.600. The lowest BCUT2D eigenvalue weighted by Gasteiger charge is -2.37. The molecule has 0 aliphatic heterocycles. The second kappa shape index (κ2) is 3.48. The van der Waals surface area contributed by atoms with Gasteiger partial charge in [-0.05, 0) is 12.8 Å². The number of carbonyl (C=O) groups is 1. The van der Waals surface area contributed by atoms with Gasteiger partial charge in [0.05, 0.1) is 5.41 Å². The van der Waals surface area contributed by atoms with Crippen LogP contribution in [0.2, 0.25) is 0 Å². The number of rotatable bonds is 2. The average molecular weight is 248 g/mol. The van der Waals surface area contributed by atoms with Gasteiger partial charge in [-0.25, -0.2) is 0 Å². The molecule has 1 aromatic heterocycles. The number of hydrogen-bond donors (Lipinski definition) is 1. The average Bonchev–Trinajstić information content (AvgIpc) is 2.43. The van der Waals surface area contributed by atoms with Crippen LogP contribution in [0.25, 0.3) is 0 Å². The largest absolute Gasteiger partial charge is 0.481 e. The minimum absolute atomic E-state index is 0.216. The van der Waals surface area contributed by atoms with E-state index < -0.39 is 23.3 Å². The summed E-state index contributed by atoms with van der Waals surface area (Å²) in [6.45, 7) is 0. The highest BCUT2D eigenvalue weighted by molar-refractivity contribution is 5.83. The van der Waals surface area contributed by atoms with Crippen molar-refractivity contribution in [3.05, 3.63) is 17.5 Å². The molecule has 1 heterocycles. The van der Waals surface area contributed by atoms with E-state index in [0.717, 1.165) is 10.9 Å². The summed E-state index contributed by atoms with van der Waals surface area (Å²) in [4.78, 5) is 11.2. The van der Waals surface area contributed by atoms with Gasteiger partial charge in [0.1, 0.15) is 0 Å². The summed E-state index contributed by atoms with van der Waals surface area (Å²) in [5.74, 6) is -1.21. The zero-order valence-electron chi connectivity index (χ0n) is 9.08. The molecular formula is C10H11F3N2O2. The molecule has 0 aromatic carbocycles. The quantitative estimate of drug-likeness (QED) is 0.870. The molecule has 0 bridgehead atoms. The lowest BCUT2D eigenvalue weighted by atomic mass is 9.64. The van der Waals surface area contributed by atoms with Crippen LogP contribution in [-0.2, 0) is 23.4 Å². The SMILES string of the molecule is Cn1cc(C2(C(=O)O)CCC2)c(C(F)(F)F)n1. The molecule has 1 aliphatic carbocycles. The van der Waals surface area contributed by atoms with Crippen LogP contribution in [0.5, 0.6) is 0 Å². The molecular weight excluding hydrogens is 237 g/mol. The molecule has 0 saturated heterocycles. The molecule has 1 N–H and O–H groups in total. The monoisotopic (exact) mass is 248 g/mol. The minimum Gasteiger partial charge on any atom is -0.481 e. The Balaban J connectivity index is 2.55. The number of aromatic nitrogens is 2. The first-order valence-electron chi connectivity index (χ1n) is 5.12. The first kappa shape index (κ1) is 11.9. The van der Waals surface area contributed by atoms with Crippen LogP contribution in [0.15, 0.2) is 6.20 Å². The van der Waals surface area contributed by atoms with Crippen LogP contribution >= 0.6 is 0 Å². The van der Waals surface area contributed by atoms with Crippen molar-refractivity contribution in [1.82, 2.24) is 9.78 Å². The van der Waals surface area contributed by atoms with Crippen LogP contribution in [0, 0.1) is 0 Å². The van der Waals surface area contributed by atoms with Gasteiger partial charge in [-0.15, -0.1) is 0 Å². The lowest BCUT2D eigenvalue weighted by Crippen LogP contribution is -2.43. The molecule has 17 heavy (non-hydrogen) atoms. The number of carboxylic acids is 1. The maximum atomic E-state index is 12.7. The molecule has 0 atom stereocenters. The van der Waals surface area contributed by atoms with Gasteiger partial charge in [-0.3, -0.25) is 9.48 Å². The Morgan fingerprint density at radius 1 is 1.53 bits per heavy atom. The predicted molar refractivity (Wildman–Crippen MR) is 51.4 cm³/mol. The summed E-state index contributed by atoms with van der Waals surface area (Å²) in [5, 5.41) is 12.5. The maximum Gasteiger partial charge on any atom is 0.435 e. The van der Waals surface area contributed by atoms with Gasteiger partial charge in [-0.1, -0.05) is 6.42 Å². The molecule has 94 valence electrons. The van der Waals surface area contributed by atoms with E-state index >= 15 is 0 Å². The van der Waals surface area contributed by atoms with E-state index in [1.165, 1.54) is 7.05 Å². The van der Waals surface area contributed by atoms with Gasteiger partial charge in [0.25, 0.3) is 0 Å². The Labute approximate surface area is 95.0 Å². The Morgan fingerprint density at radius 2 is 2.12 bits per heavy atom. The van der Waals surface area contributed by atoms with Crippen molar-refractivity contribution in [2.75, 3.05) is 0 Å². The van der Waals surface area contributed by atoms with Crippen LogP contribution in [0.1, 0.15) is 30.5 Å². The molecule has 1 aromatic rings. The van der Waals surface area contributed by atoms with Crippen molar-refractivity contribution < 1.29 is 23.1 Å². The summed E-state index contributed by atoms with van der Waals surface area (Å²) >= 11 is 0. The highest BCUT2D eigenvalue weighted by atomic mass is 19.4. The topological polar surface area (TPSA) is 55.1 Å². The van der Waals surface area contributed by atoms with Crippen LogP contribution < -0.4 is 0 Å². The van der Waals surface area contributed by atoms with Crippen molar-refractivity contribution in [2.24, 2.45) is 7.05 Å². The second-order valence-electron chi connectivity index (χ2n) is 4.30. The van der Waals surface area contributed by atoms with E-state index in [1.807, 2.05) is 0 Å². The summed E-state index contributed by atoms with van der Waals surface area (Å²) in [6, 6.07) is 0. The number of halogens is 3. The van der Waals surface area contributed by atoms with Crippen molar-refractivity contribution >= 4 is 5.97 Å². The first-order chi connectivity index (χ1) is 7.77. The Hall–Kier alpha value is -1.53. The number of carboxylic acid groups (broad SMARTS) is 1. The van der Waals surface area contributed by atoms with Crippen molar-refractivity contribution in [3.63, 3.8) is 0 Å². The molecule has 4 nitrogen and oxygen atoms in total. The van der Waals surface area contributed by atoms with Crippen molar-refractivity contribution in [1.29, 1.82) is 0 Å². The highest BCUT2D eigenvalue weighted by Gasteiger charge is 2.52. The van der Waals surface area contributed by atoms with Crippen LogP contribution in [-0.4, -0.2) is 20.9 Å². The molecule has 1 fully saturated rings. The van der Waals surface area contributed by atoms with E-state index in [-0.39, 0.29) is 18.4 Å². The Kier molecular flexibility index (Phi) is 2.44. The van der Waals surface area contributed by atoms with Gasteiger partial charge in [0.15, 0.2) is 5.69 Å². The number of aryl methyl sites for hydroxylation is 1. The maximum absolute atomic E-state index is 12.7. The third-order valence-electron chi connectivity index (χ3n) is 3.23. The van der Waals surface area contributed by atoms with Gasteiger partial charge in [0, 0.05) is 18.8 Å². The van der Waals surface area contributed by atoms with E-state index in [9.17, 15) is 18.0 Å². The molecule has 7 heteroatoms. The number of aliphatic carboxylic acids is 1. The smallest absolute Gasteiger partial charge is 0.435 e. The summed E-state index contributed by atoms with van der Waals surface area (Å²) in [6.07, 6.45) is -2.36. The number of hydrogen-bond acceptors (Lipinski definition) is 2. The molecule has 0 spiro atoms. The third-order valence-corrected chi connectivity index (χ3v) is 3.23. The zero-order valence-corrected chi connectivity index (χ0v) is 9.08.